The zero-order valence-corrected chi connectivity index (χ0v) is 10.0. The van der Waals surface area contributed by atoms with Crippen molar-refractivity contribution in [2.75, 3.05) is 6.61 Å². The van der Waals surface area contributed by atoms with Gasteiger partial charge in [-0.3, -0.25) is 4.98 Å². The molecule has 1 aromatic heterocycles. The molecule has 0 atom stereocenters. The van der Waals surface area contributed by atoms with Crippen LogP contribution in [0.15, 0.2) is 29.0 Å². The molecule has 0 N–H and O–H groups in total. The van der Waals surface area contributed by atoms with Gasteiger partial charge in [0.05, 0.1) is 6.61 Å². The monoisotopic (exact) mass is 269 g/mol. The SMILES string of the molecule is CCCOC(=O)/C=C/c1cncc(Br)c1. The van der Waals surface area contributed by atoms with Crippen molar-refractivity contribution in [2.24, 2.45) is 0 Å². The first-order chi connectivity index (χ1) is 7.22. The van der Waals surface area contributed by atoms with Crippen LogP contribution in [-0.2, 0) is 9.53 Å². The molecule has 0 saturated heterocycles. The molecule has 0 amide bonds. The van der Waals surface area contributed by atoms with Crippen LogP contribution < -0.4 is 0 Å². The van der Waals surface area contributed by atoms with E-state index in [2.05, 4.69) is 20.9 Å². The second-order valence-corrected chi connectivity index (χ2v) is 3.85. The van der Waals surface area contributed by atoms with Crippen LogP contribution in [-0.4, -0.2) is 17.6 Å². The summed E-state index contributed by atoms with van der Waals surface area (Å²) in [5.41, 5.74) is 0.859. The predicted molar refractivity (Wildman–Crippen MR) is 62.2 cm³/mol. The third-order valence-corrected chi connectivity index (χ3v) is 2.02. The van der Waals surface area contributed by atoms with Gasteiger partial charge in [-0.15, -0.1) is 0 Å². The number of aromatic nitrogens is 1. The standard InChI is InChI=1S/C11H12BrNO2/c1-2-5-15-11(14)4-3-9-6-10(12)8-13-7-9/h3-4,6-8H,2,5H2,1H3/b4-3+. The van der Waals surface area contributed by atoms with E-state index >= 15 is 0 Å². The number of carbonyl (C=O) groups is 1. The minimum Gasteiger partial charge on any atom is -0.463 e. The smallest absolute Gasteiger partial charge is 0.330 e. The molecule has 3 nitrogen and oxygen atoms in total. The highest BCUT2D eigenvalue weighted by molar-refractivity contribution is 9.10. The van der Waals surface area contributed by atoms with E-state index in [4.69, 9.17) is 4.74 Å². The zero-order chi connectivity index (χ0) is 11.1. The molecule has 0 aliphatic rings. The number of nitrogens with zero attached hydrogens (tertiary/aromatic N) is 1. The van der Waals surface area contributed by atoms with Crippen molar-refractivity contribution in [2.45, 2.75) is 13.3 Å². The number of carbonyl (C=O) groups excluding carboxylic acids is 1. The van der Waals surface area contributed by atoms with Crippen LogP contribution in [0.5, 0.6) is 0 Å². The summed E-state index contributed by atoms with van der Waals surface area (Å²) in [6, 6.07) is 1.87. The third-order valence-electron chi connectivity index (χ3n) is 1.59. The topological polar surface area (TPSA) is 39.2 Å². The molecule has 1 aromatic rings. The Kier molecular flexibility index (Phi) is 5.04. The number of halogens is 1. The van der Waals surface area contributed by atoms with Gasteiger partial charge in [-0.05, 0) is 40.1 Å². The predicted octanol–water partition coefficient (Wildman–Crippen LogP) is 2.81. The third kappa shape index (κ3) is 4.74. The van der Waals surface area contributed by atoms with Gasteiger partial charge in [0.2, 0.25) is 0 Å². The highest BCUT2D eigenvalue weighted by atomic mass is 79.9. The molecule has 1 heterocycles. The molecule has 0 bridgehead atoms. The average Bonchev–Trinajstić information content (AvgIpc) is 2.23. The van der Waals surface area contributed by atoms with E-state index in [-0.39, 0.29) is 5.97 Å². The summed E-state index contributed by atoms with van der Waals surface area (Å²) in [6.07, 6.45) is 7.27. The maximum absolute atomic E-state index is 11.1. The molecule has 0 aromatic carbocycles. The van der Waals surface area contributed by atoms with Crippen LogP contribution in [0.4, 0.5) is 0 Å². The summed E-state index contributed by atoms with van der Waals surface area (Å²) >= 11 is 3.30. The van der Waals surface area contributed by atoms with Gasteiger partial charge < -0.3 is 4.74 Å². The van der Waals surface area contributed by atoms with Gasteiger partial charge in [0.15, 0.2) is 0 Å². The van der Waals surface area contributed by atoms with Crippen LogP contribution in [0, 0.1) is 0 Å². The Morgan fingerprint density at radius 3 is 3.07 bits per heavy atom. The Hall–Kier alpha value is -1.16. The fourth-order valence-corrected chi connectivity index (χ4v) is 1.32. The van der Waals surface area contributed by atoms with E-state index in [1.807, 2.05) is 13.0 Å². The van der Waals surface area contributed by atoms with E-state index in [0.29, 0.717) is 6.61 Å². The number of rotatable bonds is 4. The molecule has 4 heteroatoms. The highest BCUT2D eigenvalue weighted by Gasteiger charge is 1.95. The van der Waals surface area contributed by atoms with E-state index in [0.717, 1.165) is 16.5 Å². The van der Waals surface area contributed by atoms with Gasteiger partial charge >= 0.3 is 5.97 Å². The minimum atomic E-state index is -0.322. The normalized spacial score (nSPS) is 10.5. The first-order valence-corrected chi connectivity index (χ1v) is 5.47. The van der Waals surface area contributed by atoms with Crippen molar-refractivity contribution in [3.63, 3.8) is 0 Å². The largest absolute Gasteiger partial charge is 0.463 e. The molecule has 0 aliphatic heterocycles. The number of pyridine rings is 1. The Labute approximate surface area is 97.3 Å². The van der Waals surface area contributed by atoms with E-state index in [1.165, 1.54) is 6.08 Å². The Morgan fingerprint density at radius 1 is 1.60 bits per heavy atom. The van der Waals surface area contributed by atoms with Crippen LogP contribution in [0.25, 0.3) is 6.08 Å². The Balaban J connectivity index is 2.53. The quantitative estimate of drug-likeness (QED) is 0.623. The maximum Gasteiger partial charge on any atom is 0.330 e. The fraction of sp³-hybridized carbons (Fsp3) is 0.273. The number of esters is 1. The lowest BCUT2D eigenvalue weighted by molar-refractivity contribution is -0.137. The first-order valence-electron chi connectivity index (χ1n) is 4.67. The molecule has 0 radical (unpaired) electrons. The number of hydrogen-bond donors (Lipinski definition) is 0. The number of ether oxygens (including phenoxy) is 1. The molecule has 1 rings (SSSR count). The van der Waals surface area contributed by atoms with E-state index in [9.17, 15) is 4.79 Å². The molecule has 15 heavy (non-hydrogen) atoms. The van der Waals surface area contributed by atoms with Gasteiger partial charge in [0.1, 0.15) is 0 Å². The summed E-state index contributed by atoms with van der Waals surface area (Å²) in [5.74, 6) is -0.322. The second-order valence-electron chi connectivity index (χ2n) is 2.94. The highest BCUT2D eigenvalue weighted by Crippen LogP contribution is 2.10. The van der Waals surface area contributed by atoms with Crippen molar-refractivity contribution >= 4 is 28.0 Å². The first kappa shape index (κ1) is 11.9. The summed E-state index contributed by atoms with van der Waals surface area (Å²) < 4.78 is 5.77. The summed E-state index contributed by atoms with van der Waals surface area (Å²) in [4.78, 5) is 15.1. The molecule has 0 unspecified atom stereocenters. The van der Waals surface area contributed by atoms with Crippen molar-refractivity contribution in [1.29, 1.82) is 0 Å². The van der Waals surface area contributed by atoms with Gasteiger partial charge in [0, 0.05) is 22.9 Å². The van der Waals surface area contributed by atoms with Crippen molar-refractivity contribution < 1.29 is 9.53 Å². The lowest BCUT2D eigenvalue weighted by Gasteiger charge is -1.97. The molecule has 80 valence electrons. The van der Waals surface area contributed by atoms with E-state index < -0.39 is 0 Å². The lowest BCUT2D eigenvalue weighted by Crippen LogP contribution is -2.00. The Morgan fingerprint density at radius 2 is 2.40 bits per heavy atom. The van der Waals surface area contributed by atoms with Gasteiger partial charge in [-0.2, -0.15) is 0 Å². The average molecular weight is 270 g/mol. The van der Waals surface area contributed by atoms with Gasteiger partial charge in [-0.1, -0.05) is 6.92 Å². The van der Waals surface area contributed by atoms with Crippen LogP contribution >= 0.6 is 15.9 Å². The van der Waals surface area contributed by atoms with Gasteiger partial charge in [0.25, 0.3) is 0 Å². The molecular formula is C11H12BrNO2. The summed E-state index contributed by atoms with van der Waals surface area (Å²) in [6.45, 7) is 2.41. The van der Waals surface area contributed by atoms with Crippen LogP contribution in [0.2, 0.25) is 0 Å². The molecule has 0 fully saturated rings. The summed E-state index contributed by atoms with van der Waals surface area (Å²) in [5, 5.41) is 0. The zero-order valence-electron chi connectivity index (χ0n) is 8.44. The molecule has 0 aliphatic carbocycles. The van der Waals surface area contributed by atoms with Gasteiger partial charge in [-0.25, -0.2) is 4.79 Å². The van der Waals surface area contributed by atoms with Crippen molar-refractivity contribution in [3.05, 3.63) is 34.6 Å². The second kappa shape index (κ2) is 6.35. The molecule has 0 spiro atoms. The Bertz CT molecular complexity index is 363. The molecule has 0 saturated carbocycles. The van der Waals surface area contributed by atoms with E-state index in [1.54, 1.807) is 18.5 Å². The van der Waals surface area contributed by atoms with Crippen molar-refractivity contribution in [3.8, 4) is 0 Å². The van der Waals surface area contributed by atoms with Crippen LogP contribution in [0.3, 0.4) is 0 Å². The minimum absolute atomic E-state index is 0.322. The lowest BCUT2D eigenvalue weighted by atomic mass is 10.2. The van der Waals surface area contributed by atoms with Crippen LogP contribution in [0.1, 0.15) is 18.9 Å². The van der Waals surface area contributed by atoms with Crippen molar-refractivity contribution in [1.82, 2.24) is 4.98 Å². The number of hydrogen-bond acceptors (Lipinski definition) is 3. The summed E-state index contributed by atoms with van der Waals surface area (Å²) in [7, 11) is 0. The molecular weight excluding hydrogens is 258 g/mol. The fourth-order valence-electron chi connectivity index (χ4n) is 0.934. The maximum atomic E-state index is 11.1.